The van der Waals surface area contributed by atoms with E-state index >= 15 is 0 Å². The summed E-state index contributed by atoms with van der Waals surface area (Å²) >= 11 is 0. The predicted molar refractivity (Wildman–Crippen MR) is 100 cm³/mol. The van der Waals surface area contributed by atoms with Crippen LogP contribution in [0.5, 0.6) is 0 Å². The van der Waals surface area contributed by atoms with Gasteiger partial charge in [-0.05, 0) is 45.6 Å². The molecule has 140 valence electrons. The normalized spacial score (nSPS) is 20.2. The van der Waals surface area contributed by atoms with Crippen molar-refractivity contribution >= 4 is 11.9 Å². The maximum atomic E-state index is 12.2. The summed E-state index contributed by atoms with van der Waals surface area (Å²) in [6.45, 7) is 6.33. The van der Waals surface area contributed by atoms with Gasteiger partial charge >= 0.3 is 6.09 Å². The number of nitrogens with zero attached hydrogens (tertiary/aromatic N) is 2. The van der Waals surface area contributed by atoms with Crippen LogP contribution in [0.25, 0.3) is 0 Å². The number of nitrogens with one attached hydrogen (secondary N) is 1. The minimum Gasteiger partial charge on any atom is -0.444 e. The van der Waals surface area contributed by atoms with E-state index in [1.165, 1.54) is 0 Å². The Morgan fingerprint density at radius 1 is 1.31 bits per heavy atom. The van der Waals surface area contributed by atoms with Gasteiger partial charge in [0.05, 0.1) is 17.3 Å². The van der Waals surface area contributed by atoms with Crippen LogP contribution >= 0.6 is 0 Å². The van der Waals surface area contributed by atoms with Gasteiger partial charge in [-0.2, -0.15) is 5.10 Å². The lowest BCUT2D eigenvalue weighted by Crippen LogP contribution is -2.27. The number of hydrogen-bond acceptors (Lipinski definition) is 4. The zero-order valence-electron chi connectivity index (χ0n) is 15.6. The number of ether oxygens (including phenoxy) is 1. The largest absolute Gasteiger partial charge is 0.444 e. The molecule has 0 radical (unpaired) electrons. The molecule has 2 N–H and O–H groups in total. The standard InChI is InChI=1S/C20H27N3O3/c1-20(2,3)23-18(12-17(22-23)15-9-10-16(24)11-15)21-19(25)26-13-14-7-5-4-6-8-14/h4-8,12,15-16,24H,9-11,13H2,1-3H3,(H,21,25)/t15-,16+/m1/s1. The SMILES string of the molecule is CC(C)(C)n1nc([C@@H]2CC[C@H](O)C2)cc1NC(=O)OCc1ccccc1. The zero-order valence-corrected chi connectivity index (χ0v) is 15.6. The molecule has 0 aliphatic heterocycles. The first-order valence-electron chi connectivity index (χ1n) is 9.09. The lowest BCUT2D eigenvalue weighted by molar-refractivity contribution is 0.154. The summed E-state index contributed by atoms with van der Waals surface area (Å²) in [5.74, 6) is 0.849. The Morgan fingerprint density at radius 2 is 2.04 bits per heavy atom. The van der Waals surface area contributed by atoms with Crippen molar-refractivity contribution in [3.8, 4) is 0 Å². The number of aromatic nitrogens is 2. The zero-order chi connectivity index (χ0) is 18.7. The molecule has 0 unspecified atom stereocenters. The molecule has 2 aromatic rings. The Bertz CT molecular complexity index is 749. The first-order chi connectivity index (χ1) is 12.3. The highest BCUT2D eigenvalue weighted by Gasteiger charge is 2.29. The van der Waals surface area contributed by atoms with Gasteiger partial charge in [-0.25, -0.2) is 9.48 Å². The van der Waals surface area contributed by atoms with Crippen molar-refractivity contribution in [2.75, 3.05) is 5.32 Å². The molecule has 0 saturated heterocycles. The molecule has 1 aliphatic carbocycles. The van der Waals surface area contributed by atoms with Crippen LogP contribution in [0.2, 0.25) is 0 Å². The van der Waals surface area contributed by atoms with Gasteiger partial charge in [0, 0.05) is 12.0 Å². The predicted octanol–water partition coefficient (Wildman–Crippen LogP) is 4.02. The summed E-state index contributed by atoms with van der Waals surface area (Å²) in [4.78, 5) is 12.2. The van der Waals surface area contributed by atoms with E-state index in [-0.39, 0.29) is 24.2 Å². The number of benzene rings is 1. The van der Waals surface area contributed by atoms with Gasteiger partial charge in [-0.3, -0.25) is 5.32 Å². The third-order valence-electron chi connectivity index (χ3n) is 4.63. The van der Waals surface area contributed by atoms with Gasteiger partial charge in [0.1, 0.15) is 12.4 Å². The fraction of sp³-hybridized carbons (Fsp3) is 0.500. The van der Waals surface area contributed by atoms with Gasteiger partial charge in [0.15, 0.2) is 0 Å². The molecular formula is C20H27N3O3. The second kappa shape index (κ2) is 7.50. The van der Waals surface area contributed by atoms with E-state index in [0.29, 0.717) is 5.82 Å². The minimum absolute atomic E-state index is 0.220. The number of carbonyl (C=O) groups excluding carboxylic acids is 1. The molecule has 26 heavy (non-hydrogen) atoms. The van der Waals surface area contributed by atoms with Crippen LogP contribution in [0, 0.1) is 0 Å². The summed E-state index contributed by atoms with van der Waals surface area (Å²) in [6, 6.07) is 11.5. The number of aliphatic hydroxyl groups excluding tert-OH is 1. The average molecular weight is 357 g/mol. The smallest absolute Gasteiger partial charge is 0.413 e. The molecule has 1 fully saturated rings. The van der Waals surface area contributed by atoms with Gasteiger partial charge in [0.2, 0.25) is 0 Å². The van der Waals surface area contributed by atoms with Gasteiger partial charge in [0.25, 0.3) is 0 Å². The van der Waals surface area contributed by atoms with Crippen LogP contribution in [0.1, 0.15) is 57.2 Å². The van der Waals surface area contributed by atoms with E-state index in [2.05, 4.69) is 5.32 Å². The number of amides is 1. The molecule has 1 saturated carbocycles. The summed E-state index contributed by atoms with van der Waals surface area (Å²) in [5.41, 5.74) is 1.57. The number of aliphatic hydroxyl groups is 1. The Kier molecular flexibility index (Phi) is 5.32. The van der Waals surface area contributed by atoms with E-state index in [4.69, 9.17) is 9.84 Å². The summed E-state index contributed by atoms with van der Waals surface area (Å²) in [7, 11) is 0. The van der Waals surface area contributed by atoms with Gasteiger partial charge in [-0.15, -0.1) is 0 Å². The van der Waals surface area contributed by atoms with Crippen molar-refractivity contribution in [3.05, 3.63) is 47.7 Å². The molecular weight excluding hydrogens is 330 g/mol. The Morgan fingerprint density at radius 3 is 2.65 bits per heavy atom. The van der Waals surface area contributed by atoms with Crippen LogP contribution < -0.4 is 5.32 Å². The van der Waals surface area contributed by atoms with E-state index in [1.54, 1.807) is 0 Å². The van der Waals surface area contributed by atoms with E-state index in [0.717, 1.165) is 30.5 Å². The molecule has 1 heterocycles. The van der Waals surface area contributed by atoms with Crippen molar-refractivity contribution in [2.45, 2.75) is 64.2 Å². The third kappa shape index (κ3) is 4.43. The number of rotatable bonds is 4. The summed E-state index contributed by atoms with van der Waals surface area (Å²) < 4.78 is 7.14. The second-order valence-corrected chi connectivity index (χ2v) is 7.89. The highest BCUT2D eigenvalue weighted by molar-refractivity contribution is 5.83. The molecule has 6 nitrogen and oxygen atoms in total. The van der Waals surface area contributed by atoms with Crippen molar-refractivity contribution in [3.63, 3.8) is 0 Å². The molecule has 3 rings (SSSR count). The molecule has 1 aromatic carbocycles. The summed E-state index contributed by atoms with van der Waals surface area (Å²) in [6.07, 6.45) is 1.68. The van der Waals surface area contributed by atoms with E-state index in [1.807, 2.05) is 61.9 Å². The number of hydrogen-bond donors (Lipinski definition) is 2. The first-order valence-corrected chi connectivity index (χ1v) is 9.09. The van der Waals surface area contributed by atoms with Gasteiger partial charge in [-0.1, -0.05) is 30.3 Å². The van der Waals surface area contributed by atoms with Crippen molar-refractivity contribution in [1.82, 2.24) is 9.78 Å². The average Bonchev–Trinajstić information content (AvgIpc) is 3.20. The van der Waals surface area contributed by atoms with Gasteiger partial charge < -0.3 is 9.84 Å². The monoisotopic (exact) mass is 357 g/mol. The van der Waals surface area contributed by atoms with Crippen LogP contribution in [0.3, 0.4) is 0 Å². The summed E-state index contributed by atoms with van der Waals surface area (Å²) in [5, 5.41) is 17.3. The molecule has 1 amide bonds. The fourth-order valence-electron chi connectivity index (χ4n) is 3.29. The lowest BCUT2D eigenvalue weighted by atomic mass is 10.0. The molecule has 2 atom stereocenters. The second-order valence-electron chi connectivity index (χ2n) is 7.89. The third-order valence-corrected chi connectivity index (χ3v) is 4.63. The van der Waals surface area contributed by atoms with Crippen LogP contribution in [-0.2, 0) is 16.9 Å². The van der Waals surface area contributed by atoms with Crippen molar-refractivity contribution < 1.29 is 14.6 Å². The maximum absolute atomic E-state index is 12.2. The highest BCUT2D eigenvalue weighted by Crippen LogP contribution is 2.36. The van der Waals surface area contributed by atoms with E-state index < -0.39 is 6.09 Å². The highest BCUT2D eigenvalue weighted by atomic mass is 16.5. The Hall–Kier alpha value is -2.34. The Labute approximate surface area is 154 Å². The fourth-order valence-corrected chi connectivity index (χ4v) is 3.29. The van der Waals surface area contributed by atoms with Crippen LogP contribution in [0.4, 0.5) is 10.6 Å². The number of carbonyl (C=O) groups is 1. The maximum Gasteiger partial charge on any atom is 0.413 e. The van der Waals surface area contributed by atoms with Crippen LogP contribution in [0.15, 0.2) is 36.4 Å². The Balaban J connectivity index is 1.71. The molecule has 1 aliphatic rings. The molecule has 6 heteroatoms. The quantitative estimate of drug-likeness (QED) is 0.867. The molecule has 1 aromatic heterocycles. The topological polar surface area (TPSA) is 76.4 Å². The van der Waals surface area contributed by atoms with E-state index in [9.17, 15) is 9.90 Å². The molecule has 0 spiro atoms. The number of anilines is 1. The van der Waals surface area contributed by atoms with Crippen LogP contribution in [-0.4, -0.2) is 27.1 Å². The molecule has 0 bridgehead atoms. The van der Waals surface area contributed by atoms with Crippen molar-refractivity contribution in [1.29, 1.82) is 0 Å². The lowest BCUT2D eigenvalue weighted by Gasteiger charge is -2.22. The van der Waals surface area contributed by atoms with Crippen molar-refractivity contribution in [2.24, 2.45) is 0 Å². The minimum atomic E-state index is -0.503. The first kappa shape index (κ1) is 18.5.